The van der Waals surface area contributed by atoms with Crippen LogP contribution in [0.15, 0.2) is 36.4 Å². The Morgan fingerprint density at radius 3 is 2.52 bits per heavy atom. The Hall–Kier alpha value is -2.60. The Bertz CT molecular complexity index is 823. The van der Waals surface area contributed by atoms with Crippen LogP contribution in [0.4, 0.5) is 4.39 Å². The summed E-state index contributed by atoms with van der Waals surface area (Å²) in [4.78, 5) is 13.5. The van der Waals surface area contributed by atoms with E-state index in [1.165, 1.54) is 28.2 Å². The van der Waals surface area contributed by atoms with Gasteiger partial charge in [-0.25, -0.2) is 4.39 Å². The van der Waals surface area contributed by atoms with Crippen LogP contribution in [0.1, 0.15) is 23.1 Å². The van der Waals surface area contributed by atoms with Crippen molar-refractivity contribution in [1.82, 2.24) is 5.32 Å². The maximum absolute atomic E-state index is 12.9. The first kappa shape index (κ1) is 17.8. The van der Waals surface area contributed by atoms with E-state index in [0.717, 1.165) is 43.0 Å². The smallest absolute Gasteiger partial charge is 0.275 e. The van der Waals surface area contributed by atoms with Crippen LogP contribution in [-0.4, -0.2) is 32.2 Å². The zero-order chi connectivity index (χ0) is 18.6. The summed E-state index contributed by atoms with van der Waals surface area (Å²) >= 11 is 0. The molecule has 2 N–H and O–H groups in total. The topological polar surface area (TPSA) is 52.0 Å². The maximum atomic E-state index is 12.9. The molecular formula is C21H24FN2O3+. The van der Waals surface area contributed by atoms with Gasteiger partial charge in [0.1, 0.15) is 12.4 Å². The summed E-state index contributed by atoms with van der Waals surface area (Å²) in [5.41, 5.74) is 3.41. The second kappa shape index (κ2) is 7.96. The molecule has 0 aromatic heterocycles. The number of halogens is 1. The maximum Gasteiger partial charge on any atom is 0.275 e. The van der Waals surface area contributed by atoms with Crippen LogP contribution in [0.5, 0.6) is 11.5 Å². The fourth-order valence-corrected chi connectivity index (χ4v) is 3.60. The molecular weight excluding hydrogens is 347 g/mol. The van der Waals surface area contributed by atoms with E-state index in [1.807, 2.05) is 0 Å². The van der Waals surface area contributed by atoms with Crippen LogP contribution in [0.2, 0.25) is 0 Å². The van der Waals surface area contributed by atoms with Crippen LogP contribution in [0.25, 0.3) is 0 Å². The molecule has 2 aliphatic heterocycles. The summed E-state index contributed by atoms with van der Waals surface area (Å²) < 4.78 is 24.5. The summed E-state index contributed by atoms with van der Waals surface area (Å²) in [5, 5.41) is 2.92. The number of nitrogens with one attached hydrogen (secondary N) is 2. The number of quaternary nitrogens is 1. The van der Waals surface area contributed by atoms with Crippen molar-refractivity contribution in [3.05, 3.63) is 58.9 Å². The lowest BCUT2D eigenvalue weighted by molar-refractivity contribution is -0.908. The van der Waals surface area contributed by atoms with Gasteiger partial charge in [-0.1, -0.05) is 12.1 Å². The van der Waals surface area contributed by atoms with Crippen molar-refractivity contribution in [2.24, 2.45) is 0 Å². The fourth-order valence-electron chi connectivity index (χ4n) is 3.60. The van der Waals surface area contributed by atoms with E-state index in [0.29, 0.717) is 26.3 Å². The molecule has 6 heteroatoms. The monoisotopic (exact) mass is 371 g/mol. The highest BCUT2D eigenvalue weighted by Crippen LogP contribution is 2.33. The second-order valence-corrected chi connectivity index (χ2v) is 7.12. The lowest BCUT2D eigenvalue weighted by Gasteiger charge is -2.26. The van der Waals surface area contributed by atoms with Gasteiger partial charge in [-0.2, -0.15) is 0 Å². The summed E-state index contributed by atoms with van der Waals surface area (Å²) in [5.74, 6) is 1.39. The standard InChI is InChI=1S/C21H23FN2O3/c22-18-4-2-15(3-5-18)12-23-21(25)14-24-7-6-16-10-19-20(11-17(16)13-24)27-9-1-8-26-19/h2-5,10-11H,1,6-9,12-14H2,(H,23,25)/p+1. The van der Waals surface area contributed by atoms with Crippen LogP contribution in [0, 0.1) is 5.82 Å². The molecule has 0 bridgehead atoms. The first-order valence-corrected chi connectivity index (χ1v) is 9.43. The number of hydrogen-bond donors (Lipinski definition) is 2. The number of fused-ring (bicyclic) bond motifs is 2. The van der Waals surface area contributed by atoms with Gasteiger partial charge >= 0.3 is 0 Å². The summed E-state index contributed by atoms with van der Waals surface area (Å²) in [6.45, 7) is 3.93. The Kier molecular flexibility index (Phi) is 5.25. The highest BCUT2D eigenvalue weighted by atomic mass is 19.1. The van der Waals surface area contributed by atoms with E-state index in [1.54, 1.807) is 12.1 Å². The number of benzene rings is 2. The van der Waals surface area contributed by atoms with Gasteiger partial charge in [-0.15, -0.1) is 0 Å². The van der Waals surface area contributed by atoms with Gasteiger partial charge in [0.25, 0.3) is 5.91 Å². The quantitative estimate of drug-likeness (QED) is 0.851. The molecule has 0 radical (unpaired) electrons. The average Bonchev–Trinajstić information content (AvgIpc) is 2.90. The molecule has 0 saturated carbocycles. The minimum absolute atomic E-state index is 0.00659. The van der Waals surface area contributed by atoms with Crippen molar-refractivity contribution < 1.29 is 23.6 Å². The molecule has 0 aliphatic carbocycles. The van der Waals surface area contributed by atoms with E-state index in [9.17, 15) is 9.18 Å². The minimum Gasteiger partial charge on any atom is -0.490 e. The zero-order valence-corrected chi connectivity index (χ0v) is 15.2. The number of carbonyl (C=O) groups excluding carboxylic acids is 1. The summed E-state index contributed by atoms with van der Waals surface area (Å²) in [6, 6.07) is 10.4. The van der Waals surface area contributed by atoms with E-state index in [-0.39, 0.29) is 11.7 Å². The molecule has 1 atom stereocenters. The highest BCUT2D eigenvalue weighted by molar-refractivity contribution is 5.76. The van der Waals surface area contributed by atoms with Gasteiger partial charge in [-0.3, -0.25) is 4.79 Å². The Balaban J connectivity index is 1.34. The molecule has 2 aliphatic rings. The van der Waals surface area contributed by atoms with E-state index < -0.39 is 0 Å². The molecule has 0 saturated heterocycles. The van der Waals surface area contributed by atoms with Crippen molar-refractivity contribution in [2.45, 2.75) is 25.9 Å². The molecule has 5 nitrogen and oxygen atoms in total. The molecule has 142 valence electrons. The van der Waals surface area contributed by atoms with Gasteiger partial charge in [0.2, 0.25) is 0 Å². The molecule has 27 heavy (non-hydrogen) atoms. The lowest BCUT2D eigenvalue weighted by atomic mass is 9.99. The number of hydrogen-bond acceptors (Lipinski definition) is 3. The molecule has 1 amide bonds. The third-order valence-corrected chi connectivity index (χ3v) is 5.07. The predicted molar refractivity (Wildman–Crippen MR) is 98.4 cm³/mol. The van der Waals surface area contributed by atoms with Crippen molar-refractivity contribution >= 4 is 5.91 Å². The van der Waals surface area contributed by atoms with Gasteiger partial charge in [0, 0.05) is 24.9 Å². The molecule has 2 aromatic rings. The Morgan fingerprint density at radius 2 is 1.78 bits per heavy atom. The second-order valence-electron chi connectivity index (χ2n) is 7.12. The fraction of sp³-hybridized carbons (Fsp3) is 0.381. The SMILES string of the molecule is O=C(C[NH+]1CCc2cc3c(cc2C1)OCCCO3)NCc1ccc(F)cc1. The molecule has 2 aromatic carbocycles. The number of carbonyl (C=O) groups is 1. The van der Waals surface area contributed by atoms with Crippen LogP contribution in [-0.2, 0) is 24.3 Å². The first-order chi connectivity index (χ1) is 13.2. The Labute approximate surface area is 158 Å². The normalized spacial score (nSPS) is 18.3. The van der Waals surface area contributed by atoms with Crippen molar-refractivity contribution in [3.8, 4) is 11.5 Å². The van der Waals surface area contributed by atoms with Crippen molar-refractivity contribution in [3.63, 3.8) is 0 Å². The third-order valence-electron chi connectivity index (χ3n) is 5.07. The number of rotatable bonds is 4. The lowest BCUT2D eigenvalue weighted by Crippen LogP contribution is -3.12. The van der Waals surface area contributed by atoms with Crippen molar-refractivity contribution in [1.29, 1.82) is 0 Å². The van der Waals surface area contributed by atoms with Gasteiger partial charge in [0.05, 0.1) is 19.8 Å². The van der Waals surface area contributed by atoms with E-state index in [4.69, 9.17) is 9.47 Å². The summed E-state index contributed by atoms with van der Waals surface area (Å²) in [6.07, 6.45) is 1.82. The van der Waals surface area contributed by atoms with Crippen LogP contribution >= 0.6 is 0 Å². The largest absolute Gasteiger partial charge is 0.490 e. The molecule has 2 heterocycles. The summed E-state index contributed by atoms with van der Waals surface area (Å²) in [7, 11) is 0. The predicted octanol–water partition coefficient (Wildman–Crippen LogP) is 1.24. The Morgan fingerprint density at radius 1 is 1.07 bits per heavy atom. The molecule has 0 fully saturated rings. The highest BCUT2D eigenvalue weighted by Gasteiger charge is 2.24. The van der Waals surface area contributed by atoms with Gasteiger partial charge in [0.15, 0.2) is 18.0 Å². The van der Waals surface area contributed by atoms with Crippen LogP contribution < -0.4 is 19.7 Å². The van der Waals surface area contributed by atoms with E-state index in [2.05, 4.69) is 17.4 Å². The number of amides is 1. The van der Waals surface area contributed by atoms with Crippen LogP contribution in [0.3, 0.4) is 0 Å². The number of ether oxygens (including phenoxy) is 2. The minimum atomic E-state index is -0.270. The molecule has 1 unspecified atom stereocenters. The van der Waals surface area contributed by atoms with Gasteiger partial charge < -0.3 is 19.7 Å². The van der Waals surface area contributed by atoms with Crippen molar-refractivity contribution in [2.75, 3.05) is 26.3 Å². The van der Waals surface area contributed by atoms with Gasteiger partial charge in [-0.05, 0) is 35.4 Å². The first-order valence-electron chi connectivity index (χ1n) is 9.43. The molecule has 4 rings (SSSR count). The zero-order valence-electron chi connectivity index (χ0n) is 15.2. The third kappa shape index (κ3) is 4.39. The van der Waals surface area contributed by atoms with E-state index >= 15 is 0 Å². The average molecular weight is 371 g/mol. The molecule has 0 spiro atoms.